The Kier molecular flexibility index (Phi) is 7.13. The molecule has 5 heterocycles. The summed E-state index contributed by atoms with van der Waals surface area (Å²) >= 11 is 1.57. The fourth-order valence-corrected chi connectivity index (χ4v) is 5.50. The molecule has 1 aliphatic heterocycles. The number of hydrogen-bond donors (Lipinski definition) is 2. The van der Waals surface area contributed by atoms with Gasteiger partial charge in [0.05, 0.1) is 28.7 Å². The number of rotatable bonds is 7. The Morgan fingerprint density at radius 1 is 1.19 bits per heavy atom. The summed E-state index contributed by atoms with van der Waals surface area (Å²) in [4.78, 5) is 22.5. The van der Waals surface area contributed by atoms with Crippen molar-refractivity contribution < 1.29 is 4.79 Å². The minimum Gasteiger partial charge on any atom is -0.382 e. The molecule has 0 atom stereocenters. The molecule has 10 nitrogen and oxygen atoms in total. The van der Waals surface area contributed by atoms with Crippen LogP contribution in [0.4, 0.5) is 10.8 Å². The monoisotopic (exact) mass is 517 g/mol. The number of aromatic nitrogens is 5. The van der Waals surface area contributed by atoms with E-state index in [1.807, 2.05) is 28.9 Å². The number of carbonyl (C=O) groups is 1. The second-order valence-corrected chi connectivity index (χ2v) is 10.5. The molecule has 11 heteroatoms. The highest BCUT2D eigenvalue weighted by atomic mass is 32.1. The van der Waals surface area contributed by atoms with E-state index in [-0.39, 0.29) is 18.0 Å². The fourth-order valence-electron chi connectivity index (χ4n) is 4.58. The van der Waals surface area contributed by atoms with E-state index >= 15 is 0 Å². The Morgan fingerprint density at radius 3 is 2.73 bits per heavy atom. The molecule has 37 heavy (non-hydrogen) atoms. The molecule has 1 saturated heterocycles. The predicted molar refractivity (Wildman–Crippen MR) is 149 cm³/mol. The average molecular weight is 518 g/mol. The lowest BCUT2D eigenvalue weighted by Gasteiger charge is -2.31. The quantitative estimate of drug-likeness (QED) is 0.358. The van der Waals surface area contributed by atoms with E-state index in [2.05, 4.69) is 55.7 Å². The topological polar surface area (TPSA) is 113 Å². The van der Waals surface area contributed by atoms with E-state index < -0.39 is 0 Å². The van der Waals surface area contributed by atoms with Gasteiger partial charge in [-0.2, -0.15) is 5.10 Å². The second-order valence-electron chi connectivity index (χ2n) is 9.50. The Hall–Kier alpha value is -3.86. The zero-order valence-corrected chi connectivity index (χ0v) is 22.3. The van der Waals surface area contributed by atoms with Gasteiger partial charge in [-0.1, -0.05) is 11.3 Å². The molecular weight excluding hydrogens is 486 g/mol. The van der Waals surface area contributed by atoms with Gasteiger partial charge in [-0.25, -0.2) is 4.52 Å². The summed E-state index contributed by atoms with van der Waals surface area (Å²) < 4.78 is 1.89. The summed E-state index contributed by atoms with van der Waals surface area (Å²) in [6, 6.07) is 8.63. The molecule has 0 saturated carbocycles. The van der Waals surface area contributed by atoms with Crippen molar-refractivity contribution in [2.45, 2.75) is 45.7 Å². The number of nitrogens with one attached hydrogen (secondary N) is 2. The Bertz CT molecular complexity index is 1430. The standard InChI is InChI=1S/C26H31N9OS/c1-16(2)30-22-12-23(24-6-5-20-11-18(13-27-4)14-29-35(20)24)28-15-21(22)25-32-33-26(37-25)34-9-7-19(8-10-34)31-17(3)36/h5-6,11-16,19H,7-10H2,1-4H3,(H,28,30)(H,31,36). The smallest absolute Gasteiger partial charge is 0.217 e. The highest BCUT2D eigenvalue weighted by Crippen LogP contribution is 2.36. The van der Waals surface area contributed by atoms with Gasteiger partial charge >= 0.3 is 0 Å². The lowest BCUT2D eigenvalue weighted by atomic mass is 10.1. The molecule has 4 aromatic heterocycles. The van der Waals surface area contributed by atoms with Crippen molar-refractivity contribution in [2.75, 3.05) is 30.4 Å². The average Bonchev–Trinajstić information content (AvgIpc) is 3.51. The van der Waals surface area contributed by atoms with Crippen LogP contribution in [0.15, 0.2) is 41.7 Å². The van der Waals surface area contributed by atoms with E-state index in [4.69, 9.17) is 4.98 Å². The molecule has 0 aromatic carbocycles. The van der Waals surface area contributed by atoms with Crippen LogP contribution >= 0.6 is 11.3 Å². The van der Waals surface area contributed by atoms with E-state index in [0.29, 0.717) is 0 Å². The lowest BCUT2D eigenvalue weighted by Crippen LogP contribution is -2.44. The first-order valence-electron chi connectivity index (χ1n) is 12.4. The third kappa shape index (κ3) is 5.46. The number of carbonyl (C=O) groups excluding carboxylic acids is 1. The predicted octanol–water partition coefficient (Wildman–Crippen LogP) is 3.89. The van der Waals surface area contributed by atoms with Gasteiger partial charge in [0, 0.05) is 62.8 Å². The number of piperidine rings is 1. The van der Waals surface area contributed by atoms with Crippen LogP contribution in [-0.2, 0) is 4.79 Å². The molecule has 2 N–H and O–H groups in total. The first kappa shape index (κ1) is 24.8. The van der Waals surface area contributed by atoms with Crippen molar-refractivity contribution in [2.24, 2.45) is 4.99 Å². The van der Waals surface area contributed by atoms with Crippen LogP contribution in [0.1, 0.15) is 39.2 Å². The molecule has 1 aliphatic rings. The summed E-state index contributed by atoms with van der Waals surface area (Å²) in [5.41, 5.74) is 5.54. The molecular formula is C26H31N9OS. The zero-order chi connectivity index (χ0) is 25.9. The SMILES string of the molecule is CN=Cc1cnn2c(-c3cc(NC(C)C)c(-c4nnc(N5CCC(NC(C)=O)CC5)s4)cn3)ccc2c1. The van der Waals surface area contributed by atoms with Crippen molar-refractivity contribution >= 4 is 39.8 Å². The number of nitrogens with zero attached hydrogens (tertiary/aromatic N) is 7. The molecule has 0 spiro atoms. The maximum atomic E-state index is 11.4. The zero-order valence-electron chi connectivity index (χ0n) is 21.5. The van der Waals surface area contributed by atoms with Crippen LogP contribution in [0.2, 0.25) is 0 Å². The summed E-state index contributed by atoms with van der Waals surface area (Å²) in [6.45, 7) is 7.47. The summed E-state index contributed by atoms with van der Waals surface area (Å²) in [6.07, 6.45) is 7.25. The van der Waals surface area contributed by atoms with Gasteiger partial charge in [-0.05, 0) is 51.0 Å². The molecule has 1 amide bonds. The van der Waals surface area contributed by atoms with Gasteiger partial charge in [0.1, 0.15) is 0 Å². The largest absolute Gasteiger partial charge is 0.382 e. The van der Waals surface area contributed by atoms with Gasteiger partial charge in [-0.15, -0.1) is 10.2 Å². The molecule has 192 valence electrons. The Morgan fingerprint density at radius 2 is 2.00 bits per heavy atom. The van der Waals surface area contributed by atoms with Crippen LogP contribution in [0.5, 0.6) is 0 Å². The van der Waals surface area contributed by atoms with Gasteiger partial charge in [-0.3, -0.25) is 14.8 Å². The molecule has 4 aromatic rings. The van der Waals surface area contributed by atoms with Crippen molar-refractivity contribution in [1.82, 2.24) is 30.1 Å². The Balaban J connectivity index is 1.42. The summed E-state index contributed by atoms with van der Waals surface area (Å²) in [5.74, 6) is 0.0254. The van der Waals surface area contributed by atoms with E-state index in [0.717, 1.165) is 69.8 Å². The number of anilines is 2. The van der Waals surface area contributed by atoms with E-state index in [1.54, 1.807) is 37.7 Å². The molecule has 0 unspecified atom stereocenters. The van der Waals surface area contributed by atoms with Crippen LogP contribution in [0.25, 0.3) is 27.5 Å². The third-order valence-corrected chi connectivity index (χ3v) is 7.25. The summed E-state index contributed by atoms with van der Waals surface area (Å²) in [7, 11) is 1.75. The molecule has 0 radical (unpaired) electrons. The first-order valence-corrected chi connectivity index (χ1v) is 13.3. The van der Waals surface area contributed by atoms with Gasteiger partial charge in [0.25, 0.3) is 0 Å². The maximum Gasteiger partial charge on any atom is 0.217 e. The third-order valence-electron chi connectivity index (χ3n) is 6.23. The van der Waals surface area contributed by atoms with Crippen molar-refractivity contribution in [3.05, 3.63) is 42.2 Å². The highest BCUT2D eigenvalue weighted by molar-refractivity contribution is 7.18. The maximum absolute atomic E-state index is 11.4. The van der Waals surface area contributed by atoms with E-state index in [9.17, 15) is 4.79 Å². The highest BCUT2D eigenvalue weighted by Gasteiger charge is 2.23. The molecule has 1 fully saturated rings. The van der Waals surface area contributed by atoms with Crippen LogP contribution in [0.3, 0.4) is 0 Å². The number of hydrogen-bond acceptors (Lipinski definition) is 9. The lowest BCUT2D eigenvalue weighted by molar-refractivity contribution is -0.119. The number of amides is 1. The van der Waals surface area contributed by atoms with E-state index in [1.165, 1.54) is 0 Å². The molecule has 0 bridgehead atoms. The molecule has 0 aliphatic carbocycles. The number of aliphatic imine (C=N–C) groups is 1. The van der Waals surface area contributed by atoms with Crippen LogP contribution in [-0.4, -0.2) is 69.1 Å². The molecule has 5 rings (SSSR count). The van der Waals surface area contributed by atoms with Gasteiger partial charge < -0.3 is 15.5 Å². The normalized spacial score (nSPS) is 14.7. The van der Waals surface area contributed by atoms with Gasteiger partial charge in [0.2, 0.25) is 11.0 Å². The fraction of sp³-hybridized carbons (Fsp3) is 0.385. The first-order chi connectivity index (χ1) is 17.9. The van der Waals surface area contributed by atoms with Crippen molar-refractivity contribution in [1.29, 1.82) is 0 Å². The second kappa shape index (κ2) is 10.6. The minimum atomic E-state index is 0.0254. The van der Waals surface area contributed by atoms with Crippen molar-refractivity contribution in [3.63, 3.8) is 0 Å². The van der Waals surface area contributed by atoms with Crippen LogP contribution < -0.4 is 15.5 Å². The van der Waals surface area contributed by atoms with Crippen molar-refractivity contribution in [3.8, 4) is 22.0 Å². The number of fused-ring (bicyclic) bond motifs is 1. The Labute approximate surface area is 219 Å². The summed E-state index contributed by atoms with van der Waals surface area (Å²) in [5, 5.41) is 21.9. The minimum absolute atomic E-state index is 0.0254. The van der Waals surface area contributed by atoms with Crippen LogP contribution in [0, 0.1) is 0 Å². The van der Waals surface area contributed by atoms with Gasteiger partial charge in [0.15, 0.2) is 5.01 Å². The number of pyridine rings is 1.